The SMILES string of the molecule is OC1(C(F)(F)F)NN=C2/C(=C/c3ccccc3)CCCC21. The Labute approximate surface area is 120 Å². The zero-order valence-electron chi connectivity index (χ0n) is 11.2. The number of hydrazone groups is 1. The van der Waals surface area contributed by atoms with E-state index in [0.717, 1.165) is 11.1 Å². The summed E-state index contributed by atoms with van der Waals surface area (Å²) in [4.78, 5) is 0. The number of nitrogens with one attached hydrogen (secondary N) is 1. The van der Waals surface area contributed by atoms with Crippen molar-refractivity contribution in [2.45, 2.75) is 31.2 Å². The summed E-state index contributed by atoms with van der Waals surface area (Å²) in [6, 6.07) is 9.38. The smallest absolute Gasteiger partial charge is 0.362 e. The monoisotopic (exact) mass is 296 g/mol. The number of hydrogen-bond acceptors (Lipinski definition) is 3. The van der Waals surface area contributed by atoms with Gasteiger partial charge in [0.2, 0.25) is 0 Å². The van der Waals surface area contributed by atoms with Crippen LogP contribution in [-0.4, -0.2) is 22.7 Å². The van der Waals surface area contributed by atoms with Crippen LogP contribution in [0.2, 0.25) is 0 Å². The molecule has 3 rings (SSSR count). The first kappa shape index (κ1) is 14.1. The Balaban J connectivity index is 1.93. The Morgan fingerprint density at radius 2 is 2.00 bits per heavy atom. The van der Waals surface area contributed by atoms with Crippen molar-refractivity contribution < 1.29 is 18.3 Å². The number of benzene rings is 1. The molecular weight excluding hydrogens is 281 g/mol. The number of rotatable bonds is 1. The molecule has 2 aliphatic rings. The Hall–Kier alpha value is -1.82. The van der Waals surface area contributed by atoms with E-state index in [1.54, 1.807) is 0 Å². The van der Waals surface area contributed by atoms with E-state index in [-0.39, 0.29) is 6.42 Å². The van der Waals surface area contributed by atoms with E-state index in [1.807, 2.05) is 41.8 Å². The highest BCUT2D eigenvalue weighted by atomic mass is 19.4. The molecule has 1 aliphatic heterocycles. The second-order valence-corrected chi connectivity index (χ2v) is 5.40. The van der Waals surface area contributed by atoms with Gasteiger partial charge >= 0.3 is 6.18 Å². The average molecular weight is 296 g/mol. The van der Waals surface area contributed by atoms with E-state index < -0.39 is 17.8 Å². The maximum atomic E-state index is 13.1. The predicted octanol–water partition coefficient (Wildman–Crippen LogP) is 3.08. The van der Waals surface area contributed by atoms with E-state index in [2.05, 4.69) is 5.10 Å². The highest BCUT2D eigenvalue weighted by Crippen LogP contribution is 2.44. The summed E-state index contributed by atoms with van der Waals surface area (Å²) in [5, 5.41) is 13.7. The summed E-state index contributed by atoms with van der Waals surface area (Å²) in [5.41, 5.74) is 0.956. The molecular formula is C15H15F3N2O. The maximum Gasteiger partial charge on any atom is 0.438 e. The highest BCUT2D eigenvalue weighted by Gasteiger charge is 2.63. The second-order valence-electron chi connectivity index (χ2n) is 5.40. The Kier molecular flexibility index (Phi) is 3.28. The Morgan fingerprint density at radius 3 is 2.67 bits per heavy atom. The van der Waals surface area contributed by atoms with Crippen LogP contribution in [0.5, 0.6) is 0 Å². The lowest BCUT2D eigenvalue weighted by Crippen LogP contribution is -2.58. The first-order valence-corrected chi connectivity index (χ1v) is 6.81. The number of fused-ring (bicyclic) bond motifs is 1. The lowest BCUT2D eigenvalue weighted by molar-refractivity contribution is -0.281. The molecule has 112 valence electrons. The van der Waals surface area contributed by atoms with E-state index in [9.17, 15) is 18.3 Å². The topological polar surface area (TPSA) is 44.6 Å². The van der Waals surface area contributed by atoms with Gasteiger partial charge in [0.25, 0.3) is 5.72 Å². The van der Waals surface area contributed by atoms with Crippen LogP contribution in [-0.2, 0) is 0 Å². The molecule has 2 N–H and O–H groups in total. The van der Waals surface area contributed by atoms with Gasteiger partial charge in [-0.15, -0.1) is 0 Å². The number of alkyl halides is 3. The molecule has 0 radical (unpaired) electrons. The van der Waals surface area contributed by atoms with E-state index >= 15 is 0 Å². The van der Waals surface area contributed by atoms with Crippen LogP contribution in [0.3, 0.4) is 0 Å². The summed E-state index contributed by atoms with van der Waals surface area (Å²) >= 11 is 0. The average Bonchev–Trinajstić information content (AvgIpc) is 2.80. The van der Waals surface area contributed by atoms with Gasteiger partial charge in [-0.3, -0.25) is 5.43 Å². The zero-order chi connectivity index (χ0) is 15.1. The lowest BCUT2D eigenvalue weighted by atomic mass is 9.77. The third-order valence-corrected chi connectivity index (χ3v) is 4.02. The van der Waals surface area contributed by atoms with Gasteiger partial charge < -0.3 is 5.11 Å². The van der Waals surface area contributed by atoms with Crippen molar-refractivity contribution in [3.05, 3.63) is 41.5 Å². The van der Waals surface area contributed by atoms with E-state index in [0.29, 0.717) is 18.6 Å². The number of allylic oxidation sites excluding steroid dienone is 1. The van der Waals surface area contributed by atoms with E-state index in [1.165, 1.54) is 0 Å². The second kappa shape index (κ2) is 4.87. The van der Waals surface area contributed by atoms with Crippen LogP contribution in [0.15, 0.2) is 41.0 Å². The van der Waals surface area contributed by atoms with Crippen LogP contribution >= 0.6 is 0 Å². The van der Waals surface area contributed by atoms with Crippen molar-refractivity contribution in [2.75, 3.05) is 0 Å². The van der Waals surface area contributed by atoms with Crippen LogP contribution in [0.4, 0.5) is 13.2 Å². The van der Waals surface area contributed by atoms with Gasteiger partial charge in [0.1, 0.15) is 0 Å². The zero-order valence-corrected chi connectivity index (χ0v) is 11.2. The minimum Gasteiger partial charge on any atom is -0.362 e. The Morgan fingerprint density at radius 1 is 1.29 bits per heavy atom. The quantitative estimate of drug-likeness (QED) is 0.836. The summed E-state index contributed by atoms with van der Waals surface area (Å²) in [6.45, 7) is 0. The normalized spacial score (nSPS) is 30.8. The summed E-state index contributed by atoms with van der Waals surface area (Å²) < 4.78 is 39.2. The van der Waals surface area contributed by atoms with Crippen molar-refractivity contribution in [1.82, 2.24) is 5.43 Å². The van der Waals surface area contributed by atoms with Gasteiger partial charge in [-0.25, -0.2) is 0 Å². The first-order valence-electron chi connectivity index (χ1n) is 6.81. The molecule has 1 fully saturated rings. The molecule has 0 spiro atoms. The van der Waals surface area contributed by atoms with Crippen molar-refractivity contribution in [3.8, 4) is 0 Å². The molecule has 3 nitrogen and oxygen atoms in total. The molecule has 2 unspecified atom stereocenters. The van der Waals surface area contributed by atoms with Crippen molar-refractivity contribution >= 4 is 11.8 Å². The Bertz CT molecular complexity index is 595. The summed E-state index contributed by atoms with van der Waals surface area (Å²) in [5.74, 6) is -1.04. The molecule has 0 amide bonds. The molecule has 0 saturated heterocycles. The molecule has 0 bridgehead atoms. The van der Waals surface area contributed by atoms with Crippen LogP contribution in [0, 0.1) is 5.92 Å². The first-order chi connectivity index (χ1) is 9.92. The van der Waals surface area contributed by atoms with Crippen LogP contribution < -0.4 is 5.43 Å². The maximum absolute atomic E-state index is 13.1. The fraction of sp³-hybridized carbons (Fsp3) is 0.400. The molecule has 1 aromatic rings. The molecule has 21 heavy (non-hydrogen) atoms. The molecule has 2 atom stereocenters. The van der Waals surface area contributed by atoms with Crippen LogP contribution in [0.1, 0.15) is 24.8 Å². The van der Waals surface area contributed by atoms with Crippen molar-refractivity contribution in [3.63, 3.8) is 0 Å². The molecule has 1 aromatic carbocycles. The minimum absolute atomic E-state index is 0.272. The third kappa shape index (κ3) is 2.33. The number of hydrogen-bond donors (Lipinski definition) is 2. The number of halogens is 3. The molecule has 1 heterocycles. The largest absolute Gasteiger partial charge is 0.438 e. The van der Waals surface area contributed by atoms with Crippen molar-refractivity contribution in [2.24, 2.45) is 11.0 Å². The summed E-state index contributed by atoms with van der Waals surface area (Å²) in [7, 11) is 0. The van der Waals surface area contributed by atoms with E-state index in [4.69, 9.17) is 0 Å². The molecule has 6 heteroatoms. The summed E-state index contributed by atoms with van der Waals surface area (Å²) in [6.07, 6.45) is -1.37. The molecule has 1 aliphatic carbocycles. The van der Waals surface area contributed by atoms with Gasteiger partial charge in [-0.2, -0.15) is 18.3 Å². The fourth-order valence-electron chi connectivity index (χ4n) is 2.92. The fourth-order valence-corrected chi connectivity index (χ4v) is 2.92. The third-order valence-electron chi connectivity index (χ3n) is 4.02. The van der Waals surface area contributed by atoms with Crippen LogP contribution in [0.25, 0.3) is 6.08 Å². The number of aliphatic hydroxyl groups is 1. The van der Waals surface area contributed by atoms with Gasteiger partial charge in [0.05, 0.1) is 11.6 Å². The van der Waals surface area contributed by atoms with Gasteiger partial charge in [0, 0.05) is 0 Å². The standard InChI is InChI=1S/C15H15F3N2O/c16-15(17,18)14(21)12-8-4-7-11(13(12)19-20-14)9-10-5-2-1-3-6-10/h1-3,5-6,9,12,20-21H,4,7-8H2/b11-9+. The molecule has 0 aromatic heterocycles. The van der Waals surface area contributed by atoms with Gasteiger partial charge in [0.15, 0.2) is 0 Å². The minimum atomic E-state index is -4.75. The predicted molar refractivity (Wildman–Crippen MR) is 73.3 cm³/mol. The highest BCUT2D eigenvalue weighted by molar-refractivity contribution is 6.07. The number of nitrogens with zero attached hydrogens (tertiary/aromatic N) is 1. The van der Waals surface area contributed by atoms with Gasteiger partial charge in [-0.05, 0) is 36.5 Å². The van der Waals surface area contributed by atoms with Gasteiger partial charge in [-0.1, -0.05) is 30.3 Å². The lowest BCUT2D eigenvalue weighted by Gasteiger charge is -2.34. The van der Waals surface area contributed by atoms with Crippen molar-refractivity contribution in [1.29, 1.82) is 0 Å². The molecule has 1 saturated carbocycles.